The summed E-state index contributed by atoms with van der Waals surface area (Å²) < 4.78 is 44.0. The lowest BCUT2D eigenvalue weighted by atomic mass is 10.1. The molecule has 2 nitrogen and oxygen atoms in total. The van der Waals surface area contributed by atoms with Crippen LogP contribution in [0.4, 0.5) is 18.9 Å². The molecule has 21 heavy (non-hydrogen) atoms. The summed E-state index contributed by atoms with van der Waals surface area (Å²) in [5.74, 6) is 0.683. The lowest BCUT2D eigenvalue weighted by molar-refractivity contribution is -0.137. The number of rotatable bonds is 2. The number of hydrogen-bond acceptors (Lipinski definition) is 2. The van der Waals surface area contributed by atoms with E-state index in [0.29, 0.717) is 5.75 Å². The van der Waals surface area contributed by atoms with Crippen molar-refractivity contribution in [2.24, 2.45) is 0 Å². The van der Waals surface area contributed by atoms with Crippen molar-refractivity contribution in [3.05, 3.63) is 53.1 Å². The molecule has 0 atom stereocenters. The first-order chi connectivity index (χ1) is 9.93. The molecule has 0 fully saturated rings. The minimum Gasteiger partial charge on any atom is -0.457 e. The van der Waals surface area contributed by atoms with Crippen molar-refractivity contribution >= 4 is 5.69 Å². The summed E-state index contributed by atoms with van der Waals surface area (Å²) in [5, 5.41) is 0. The minimum atomic E-state index is -4.48. The number of ether oxygens (including phenoxy) is 1. The van der Waals surface area contributed by atoms with Gasteiger partial charge in [0.1, 0.15) is 11.5 Å². The maximum atomic E-state index is 12.8. The van der Waals surface area contributed by atoms with Gasteiger partial charge in [-0.05, 0) is 60.7 Å². The van der Waals surface area contributed by atoms with Crippen molar-refractivity contribution in [1.82, 2.24) is 0 Å². The number of nitrogen functional groups attached to an aromatic ring is 1. The molecule has 0 heterocycles. The van der Waals surface area contributed by atoms with E-state index in [2.05, 4.69) is 0 Å². The van der Waals surface area contributed by atoms with Crippen LogP contribution in [0.2, 0.25) is 0 Å². The zero-order chi connectivity index (χ0) is 15.0. The third-order valence-electron chi connectivity index (χ3n) is 3.64. The highest BCUT2D eigenvalue weighted by molar-refractivity contribution is 5.53. The van der Waals surface area contributed by atoms with Crippen molar-refractivity contribution in [3.8, 4) is 11.5 Å². The Balaban J connectivity index is 1.88. The molecular weight excluding hydrogens is 279 g/mol. The zero-order valence-corrected chi connectivity index (χ0v) is 11.2. The SMILES string of the molecule is Nc1ccc(Oc2ccc3c(c2)CCC3)cc1C(F)(F)F. The van der Waals surface area contributed by atoms with Crippen molar-refractivity contribution in [1.29, 1.82) is 0 Å². The van der Waals surface area contributed by atoms with Crippen LogP contribution in [0, 0.1) is 0 Å². The average Bonchev–Trinajstić information content (AvgIpc) is 2.87. The Kier molecular flexibility index (Phi) is 3.27. The van der Waals surface area contributed by atoms with Crippen LogP contribution in [0.25, 0.3) is 0 Å². The van der Waals surface area contributed by atoms with E-state index < -0.39 is 11.7 Å². The van der Waals surface area contributed by atoms with E-state index in [1.807, 2.05) is 12.1 Å². The summed E-state index contributed by atoms with van der Waals surface area (Å²) in [5.41, 5.74) is 6.69. The smallest absolute Gasteiger partial charge is 0.418 e. The Morgan fingerprint density at radius 3 is 2.33 bits per heavy atom. The molecule has 0 saturated carbocycles. The first kappa shape index (κ1) is 13.8. The highest BCUT2D eigenvalue weighted by Gasteiger charge is 2.33. The molecule has 1 aliphatic rings. The lowest BCUT2D eigenvalue weighted by Gasteiger charge is -2.13. The average molecular weight is 293 g/mol. The fourth-order valence-electron chi connectivity index (χ4n) is 2.59. The molecule has 0 saturated heterocycles. The van der Waals surface area contributed by atoms with E-state index in [-0.39, 0.29) is 11.4 Å². The molecule has 5 heteroatoms. The Hall–Kier alpha value is -2.17. The molecule has 0 aliphatic heterocycles. The van der Waals surface area contributed by atoms with Crippen LogP contribution in [0.15, 0.2) is 36.4 Å². The molecule has 0 radical (unpaired) electrons. The summed E-state index contributed by atoms with van der Waals surface area (Å²) in [6.45, 7) is 0. The molecule has 0 spiro atoms. The maximum absolute atomic E-state index is 12.8. The molecule has 0 aromatic heterocycles. The van der Waals surface area contributed by atoms with Gasteiger partial charge in [0.2, 0.25) is 0 Å². The molecule has 2 aromatic carbocycles. The second-order valence-corrected chi connectivity index (χ2v) is 5.13. The number of nitrogens with two attached hydrogens (primary N) is 1. The Morgan fingerprint density at radius 1 is 0.905 bits per heavy atom. The van der Waals surface area contributed by atoms with Gasteiger partial charge < -0.3 is 10.5 Å². The van der Waals surface area contributed by atoms with Gasteiger partial charge in [0.15, 0.2) is 0 Å². The number of halogens is 3. The van der Waals surface area contributed by atoms with Crippen molar-refractivity contribution in [2.45, 2.75) is 25.4 Å². The number of fused-ring (bicyclic) bond motifs is 1. The third kappa shape index (κ3) is 2.82. The fraction of sp³-hybridized carbons (Fsp3) is 0.250. The Labute approximate surface area is 120 Å². The number of aryl methyl sites for hydroxylation is 2. The Morgan fingerprint density at radius 2 is 1.57 bits per heavy atom. The zero-order valence-electron chi connectivity index (χ0n) is 11.2. The van der Waals surface area contributed by atoms with E-state index in [0.717, 1.165) is 25.3 Å². The normalized spacial score (nSPS) is 14.0. The van der Waals surface area contributed by atoms with Crippen molar-refractivity contribution in [2.75, 3.05) is 5.73 Å². The van der Waals surface area contributed by atoms with Crippen molar-refractivity contribution in [3.63, 3.8) is 0 Å². The standard InChI is InChI=1S/C16H14F3NO/c17-16(18,19)14-9-13(6-7-15(14)20)21-12-5-4-10-2-1-3-11(10)8-12/h4-9H,1-3,20H2. The van der Waals surface area contributed by atoms with Gasteiger partial charge in [-0.3, -0.25) is 0 Å². The second-order valence-electron chi connectivity index (χ2n) is 5.13. The molecule has 2 aromatic rings. The van der Waals surface area contributed by atoms with Crippen LogP contribution in [0.1, 0.15) is 23.1 Å². The second kappa shape index (κ2) is 4.98. The van der Waals surface area contributed by atoms with Crippen LogP contribution in [-0.4, -0.2) is 0 Å². The van der Waals surface area contributed by atoms with E-state index in [1.54, 1.807) is 6.07 Å². The number of hydrogen-bond donors (Lipinski definition) is 1. The van der Waals surface area contributed by atoms with Gasteiger partial charge >= 0.3 is 6.18 Å². The van der Waals surface area contributed by atoms with E-state index in [9.17, 15) is 13.2 Å². The molecule has 3 rings (SSSR count). The summed E-state index contributed by atoms with van der Waals surface area (Å²) in [7, 11) is 0. The molecule has 110 valence electrons. The maximum Gasteiger partial charge on any atom is 0.418 e. The number of benzene rings is 2. The van der Waals surface area contributed by atoms with Crippen LogP contribution in [-0.2, 0) is 19.0 Å². The van der Waals surface area contributed by atoms with Gasteiger partial charge in [0.05, 0.1) is 5.56 Å². The molecule has 0 amide bonds. The molecule has 0 bridgehead atoms. The van der Waals surface area contributed by atoms with Crippen LogP contribution in [0.3, 0.4) is 0 Å². The van der Waals surface area contributed by atoms with E-state index in [1.165, 1.54) is 23.3 Å². The third-order valence-corrected chi connectivity index (χ3v) is 3.64. The van der Waals surface area contributed by atoms with Gasteiger partial charge in [0, 0.05) is 5.69 Å². The largest absolute Gasteiger partial charge is 0.457 e. The van der Waals surface area contributed by atoms with Crippen molar-refractivity contribution < 1.29 is 17.9 Å². The minimum absolute atomic E-state index is 0.134. The quantitative estimate of drug-likeness (QED) is 0.823. The molecule has 2 N–H and O–H groups in total. The topological polar surface area (TPSA) is 35.2 Å². The Bertz CT molecular complexity index is 680. The van der Waals surface area contributed by atoms with Gasteiger partial charge in [-0.15, -0.1) is 0 Å². The van der Waals surface area contributed by atoms with E-state index >= 15 is 0 Å². The van der Waals surface area contributed by atoms with E-state index in [4.69, 9.17) is 10.5 Å². The predicted molar refractivity (Wildman–Crippen MR) is 74.4 cm³/mol. The summed E-state index contributed by atoms with van der Waals surface area (Å²) >= 11 is 0. The molecule has 1 aliphatic carbocycles. The fourth-order valence-corrected chi connectivity index (χ4v) is 2.59. The number of anilines is 1. The summed E-state index contributed by atoms with van der Waals surface area (Å²) in [6, 6.07) is 9.24. The van der Waals surface area contributed by atoms with Gasteiger partial charge in [0.25, 0.3) is 0 Å². The lowest BCUT2D eigenvalue weighted by Crippen LogP contribution is -2.08. The van der Waals surface area contributed by atoms with Crippen LogP contribution < -0.4 is 10.5 Å². The van der Waals surface area contributed by atoms with Gasteiger partial charge in [-0.2, -0.15) is 13.2 Å². The number of alkyl halides is 3. The van der Waals surface area contributed by atoms with Crippen LogP contribution >= 0.6 is 0 Å². The van der Waals surface area contributed by atoms with Gasteiger partial charge in [-0.25, -0.2) is 0 Å². The molecular formula is C16H14F3NO. The molecule has 0 unspecified atom stereocenters. The highest BCUT2D eigenvalue weighted by Crippen LogP contribution is 2.37. The van der Waals surface area contributed by atoms with Crippen LogP contribution in [0.5, 0.6) is 11.5 Å². The first-order valence-electron chi connectivity index (χ1n) is 6.70. The first-order valence-corrected chi connectivity index (χ1v) is 6.70. The summed E-state index contributed by atoms with van der Waals surface area (Å²) in [6.07, 6.45) is -1.34. The monoisotopic (exact) mass is 293 g/mol. The predicted octanol–water partition coefficient (Wildman–Crippen LogP) is 4.57. The van der Waals surface area contributed by atoms with Gasteiger partial charge in [-0.1, -0.05) is 6.07 Å². The highest BCUT2D eigenvalue weighted by atomic mass is 19.4. The summed E-state index contributed by atoms with van der Waals surface area (Å²) in [4.78, 5) is 0.